The molecule has 0 atom stereocenters. The van der Waals surface area contributed by atoms with Gasteiger partial charge >= 0.3 is 0 Å². The molecule has 0 aromatic rings. The third kappa shape index (κ3) is 5.80. The fourth-order valence-electron chi connectivity index (χ4n) is 1.71. The van der Waals surface area contributed by atoms with E-state index in [9.17, 15) is 0 Å². The summed E-state index contributed by atoms with van der Waals surface area (Å²) in [7, 11) is 0. The molecule has 4 nitrogen and oxygen atoms in total. The van der Waals surface area contributed by atoms with Crippen LogP contribution in [0, 0.1) is 0 Å². The van der Waals surface area contributed by atoms with Crippen molar-refractivity contribution in [1.82, 2.24) is 5.32 Å². The van der Waals surface area contributed by atoms with E-state index in [1.165, 1.54) is 6.42 Å². The molecule has 4 heteroatoms. The Bertz CT molecular complexity index is 175. The number of hydrogen-bond donors (Lipinski definition) is 2. The Kier molecular flexibility index (Phi) is 6.28. The zero-order valence-corrected chi connectivity index (χ0v) is 10.5. The molecule has 96 valence electrons. The minimum absolute atomic E-state index is 0.312. The summed E-state index contributed by atoms with van der Waals surface area (Å²) in [6.07, 6.45) is 4.36. The average molecular weight is 231 g/mol. The zero-order chi connectivity index (χ0) is 11.9. The zero-order valence-electron chi connectivity index (χ0n) is 10.5. The fourth-order valence-corrected chi connectivity index (χ4v) is 1.71. The first kappa shape index (κ1) is 13.9. The lowest BCUT2D eigenvalue weighted by atomic mass is 10.2. The molecule has 1 rings (SSSR count). The Balaban J connectivity index is 1.94. The lowest BCUT2D eigenvalue weighted by Crippen LogP contribution is -2.48. The monoisotopic (exact) mass is 231 g/mol. The number of unbranched alkanes of at least 4 members (excludes halogenated alkanes) is 3. The molecule has 0 aliphatic carbocycles. The van der Waals surface area contributed by atoms with Crippen molar-refractivity contribution in [3.63, 3.8) is 0 Å². The molecule has 0 bridgehead atoms. The highest BCUT2D eigenvalue weighted by Gasteiger charge is 2.27. The van der Waals surface area contributed by atoms with E-state index in [1.54, 1.807) is 0 Å². The first-order valence-electron chi connectivity index (χ1n) is 6.26. The van der Waals surface area contributed by atoms with E-state index in [4.69, 9.17) is 14.6 Å². The number of rotatable bonds is 7. The van der Waals surface area contributed by atoms with Crippen molar-refractivity contribution in [2.45, 2.75) is 51.4 Å². The van der Waals surface area contributed by atoms with Gasteiger partial charge in [0.2, 0.25) is 0 Å². The van der Waals surface area contributed by atoms with Crippen molar-refractivity contribution in [2.75, 3.05) is 26.4 Å². The van der Waals surface area contributed by atoms with E-state index in [0.717, 1.165) is 39.0 Å². The van der Waals surface area contributed by atoms with Gasteiger partial charge in [0.25, 0.3) is 0 Å². The topological polar surface area (TPSA) is 50.7 Å². The summed E-state index contributed by atoms with van der Waals surface area (Å²) >= 11 is 0. The van der Waals surface area contributed by atoms with Crippen LogP contribution < -0.4 is 5.32 Å². The summed E-state index contributed by atoms with van der Waals surface area (Å²) in [5, 5.41) is 12.1. The van der Waals surface area contributed by atoms with Gasteiger partial charge < -0.3 is 19.9 Å². The van der Waals surface area contributed by atoms with Gasteiger partial charge in [-0.3, -0.25) is 0 Å². The number of hydrogen-bond acceptors (Lipinski definition) is 4. The standard InChI is InChI=1S/C12H25NO3/c1-12(2)15-9-11(10-16-12)13-7-5-3-4-6-8-14/h11,13-14H,3-10H2,1-2H3. The van der Waals surface area contributed by atoms with Crippen LogP contribution in [0.1, 0.15) is 39.5 Å². The van der Waals surface area contributed by atoms with E-state index >= 15 is 0 Å². The Morgan fingerprint density at radius 3 is 2.38 bits per heavy atom. The van der Waals surface area contributed by atoms with Crippen molar-refractivity contribution in [1.29, 1.82) is 0 Å². The number of ether oxygens (including phenoxy) is 2. The Hall–Kier alpha value is -0.160. The highest BCUT2D eigenvalue weighted by Crippen LogP contribution is 2.16. The predicted octanol–water partition coefficient (Wildman–Crippen LogP) is 1.28. The minimum atomic E-state index is -0.417. The molecule has 1 aliphatic rings. The summed E-state index contributed by atoms with van der Waals surface area (Å²) in [5.74, 6) is -0.417. The van der Waals surface area contributed by atoms with Gasteiger partial charge in [-0.15, -0.1) is 0 Å². The van der Waals surface area contributed by atoms with Crippen molar-refractivity contribution in [3.05, 3.63) is 0 Å². The molecule has 1 heterocycles. The van der Waals surface area contributed by atoms with Gasteiger partial charge in [-0.1, -0.05) is 12.8 Å². The molecule has 0 aromatic heterocycles. The van der Waals surface area contributed by atoms with Crippen LogP contribution in [0.3, 0.4) is 0 Å². The Morgan fingerprint density at radius 1 is 1.12 bits per heavy atom. The maximum Gasteiger partial charge on any atom is 0.162 e. The maximum absolute atomic E-state index is 8.63. The van der Waals surface area contributed by atoms with Crippen LogP contribution in [0.2, 0.25) is 0 Å². The summed E-state index contributed by atoms with van der Waals surface area (Å²) in [6.45, 7) is 6.65. The Labute approximate surface area is 98.3 Å². The highest BCUT2D eigenvalue weighted by molar-refractivity contribution is 4.72. The van der Waals surface area contributed by atoms with Crippen LogP contribution >= 0.6 is 0 Å². The van der Waals surface area contributed by atoms with E-state index in [-0.39, 0.29) is 0 Å². The fraction of sp³-hybridized carbons (Fsp3) is 1.00. The lowest BCUT2D eigenvalue weighted by Gasteiger charge is -2.35. The third-order valence-electron chi connectivity index (χ3n) is 2.78. The molecule has 0 radical (unpaired) electrons. The van der Waals surface area contributed by atoms with E-state index < -0.39 is 5.79 Å². The molecule has 0 amide bonds. The molecule has 0 saturated carbocycles. The largest absolute Gasteiger partial charge is 0.396 e. The van der Waals surface area contributed by atoms with Gasteiger partial charge in [-0.05, 0) is 33.2 Å². The SMILES string of the molecule is CC1(C)OCC(NCCCCCCO)CO1. The maximum atomic E-state index is 8.63. The van der Waals surface area contributed by atoms with Gasteiger partial charge in [0, 0.05) is 6.61 Å². The van der Waals surface area contributed by atoms with Crippen LogP contribution in [-0.4, -0.2) is 43.3 Å². The first-order valence-corrected chi connectivity index (χ1v) is 6.26. The van der Waals surface area contributed by atoms with E-state index in [0.29, 0.717) is 12.6 Å². The van der Waals surface area contributed by atoms with Gasteiger partial charge in [0.15, 0.2) is 5.79 Å². The minimum Gasteiger partial charge on any atom is -0.396 e. The molecule has 0 spiro atoms. The summed E-state index contributed by atoms with van der Waals surface area (Å²) < 4.78 is 11.1. The van der Waals surface area contributed by atoms with E-state index in [2.05, 4.69) is 5.32 Å². The Morgan fingerprint density at radius 2 is 1.75 bits per heavy atom. The first-order chi connectivity index (χ1) is 7.64. The average Bonchev–Trinajstić information content (AvgIpc) is 2.25. The second kappa shape index (κ2) is 7.22. The molecule has 1 fully saturated rings. The van der Waals surface area contributed by atoms with Crippen molar-refractivity contribution in [3.8, 4) is 0 Å². The normalized spacial score (nSPS) is 21.2. The molecule has 16 heavy (non-hydrogen) atoms. The van der Waals surface area contributed by atoms with Gasteiger partial charge in [0.1, 0.15) is 0 Å². The molecular formula is C12H25NO3. The smallest absolute Gasteiger partial charge is 0.162 e. The molecule has 1 aliphatic heterocycles. The molecule has 0 unspecified atom stereocenters. The van der Waals surface area contributed by atoms with Crippen molar-refractivity contribution < 1.29 is 14.6 Å². The van der Waals surface area contributed by atoms with Crippen LogP contribution in [0.15, 0.2) is 0 Å². The number of aliphatic hydroxyl groups excluding tert-OH is 1. The number of aliphatic hydroxyl groups is 1. The number of nitrogens with one attached hydrogen (secondary N) is 1. The van der Waals surface area contributed by atoms with Crippen LogP contribution in [0.5, 0.6) is 0 Å². The van der Waals surface area contributed by atoms with Gasteiger partial charge in [-0.2, -0.15) is 0 Å². The van der Waals surface area contributed by atoms with Crippen LogP contribution in [0.25, 0.3) is 0 Å². The predicted molar refractivity (Wildman–Crippen MR) is 63.3 cm³/mol. The summed E-state index contributed by atoms with van der Waals surface area (Å²) in [4.78, 5) is 0. The van der Waals surface area contributed by atoms with Crippen LogP contribution in [-0.2, 0) is 9.47 Å². The molecule has 2 N–H and O–H groups in total. The van der Waals surface area contributed by atoms with Crippen molar-refractivity contribution >= 4 is 0 Å². The molecule has 0 aromatic carbocycles. The van der Waals surface area contributed by atoms with Gasteiger partial charge in [-0.25, -0.2) is 0 Å². The highest BCUT2D eigenvalue weighted by atomic mass is 16.7. The van der Waals surface area contributed by atoms with E-state index in [1.807, 2.05) is 13.8 Å². The van der Waals surface area contributed by atoms with Gasteiger partial charge in [0.05, 0.1) is 19.3 Å². The summed E-state index contributed by atoms with van der Waals surface area (Å²) in [5.41, 5.74) is 0. The van der Waals surface area contributed by atoms with Crippen LogP contribution in [0.4, 0.5) is 0 Å². The van der Waals surface area contributed by atoms with Crippen molar-refractivity contribution in [2.24, 2.45) is 0 Å². The molecular weight excluding hydrogens is 206 g/mol. The quantitative estimate of drug-likeness (QED) is 0.648. The second-order valence-corrected chi connectivity index (χ2v) is 4.81. The summed E-state index contributed by atoms with van der Waals surface area (Å²) in [6, 6.07) is 0.325. The third-order valence-corrected chi connectivity index (χ3v) is 2.78. The lowest BCUT2D eigenvalue weighted by molar-refractivity contribution is -0.252. The molecule has 1 saturated heterocycles. The second-order valence-electron chi connectivity index (χ2n) is 4.81.